The summed E-state index contributed by atoms with van der Waals surface area (Å²) in [5, 5.41) is 10.5. The van der Waals surface area contributed by atoms with Crippen molar-refractivity contribution in [3.8, 4) is 5.75 Å². The molecule has 0 amide bonds. The van der Waals surface area contributed by atoms with Gasteiger partial charge in [0.1, 0.15) is 11.3 Å². The molecule has 1 unspecified atom stereocenters. The Kier molecular flexibility index (Phi) is 4.48. The number of nitrogens with zero attached hydrogens (tertiary/aromatic N) is 2. The van der Waals surface area contributed by atoms with Crippen LogP contribution < -0.4 is 9.64 Å². The van der Waals surface area contributed by atoms with Crippen molar-refractivity contribution in [3.05, 3.63) is 30.0 Å². The van der Waals surface area contributed by atoms with Crippen LogP contribution in [0.15, 0.2) is 24.3 Å². The van der Waals surface area contributed by atoms with E-state index >= 15 is 0 Å². The Morgan fingerprint density at radius 1 is 1.36 bits per heavy atom. The van der Waals surface area contributed by atoms with Crippen LogP contribution in [0.1, 0.15) is 31.4 Å². The molecule has 1 atom stereocenters. The van der Waals surface area contributed by atoms with Crippen LogP contribution in [0.3, 0.4) is 0 Å². The maximum absolute atomic E-state index is 9.37. The van der Waals surface area contributed by atoms with E-state index in [0.717, 1.165) is 41.7 Å². The highest BCUT2D eigenvalue weighted by Gasteiger charge is 2.24. The minimum atomic E-state index is 0.243. The number of ether oxygens (including phenoxy) is 1. The summed E-state index contributed by atoms with van der Waals surface area (Å²) in [7, 11) is 1.69. The van der Waals surface area contributed by atoms with Crippen molar-refractivity contribution in [1.29, 1.82) is 0 Å². The normalized spacial score (nSPS) is 18.7. The van der Waals surface area contributed by atoms with Gasteiger partial charge in [-0.05, 0) is 44.7 Å². The fraction of sp³-hybridized carbons (Fsp3) is 0.500. The molecule has 1 saturated heterocycles. The van der Waals surface area contributed by atoms with Crippen LogP contribution >= 0.6 is 0 Å². The molecule has 0 spiro atoms. The van der Waals surface area contributed by atoms with Gasteiger partial charge in [-0.1, -0.05) is 12.1 Å². The van der Waals surface area contributed by atoms with Gasteiger partial charge in [-0.2, -0.15) is 0 Å². The third kappa shape index (κ3) is 2.75. The summed E-state index contributed by atoms with van der Waals surface area (Å²) in [5.74, 6) is 0.818. The van der Waals surface area contributed by atoms with Gasteiger partial charge in [0.25, 0.3) is 0 Å². The Labute approximate surface area is 131 Å². The number of pyridine rings is 1. The van der Waals surface area contributed by atoms with E-state index in [1.807, 2.05) is 19.1 Å². The lowest BCUT2D eigenvalue weighted by Gasteiger charge is -2.38. The zero-order chi connectivity index (χ0) is 15.5. The Morgan fingerprint density at radius 3 is 3.00 bits per heavy atom. The van der Waals surface area contributed by atoms with Crippen LogP contribution in [0.4, 0.5) is 5.69 Å². The summed E-state index contributed by atoms with van der Waals surface area (Å²) in [5.41, 5.74) is 3.15. The molecule has 0 saturated carbocycles. The molecule has 1 N–H and O–H groups in total. The summed E-state index contributed by atoms with van der Waals surface area (Å²) in [6.07, 6.45) is 4.42. The smallest absolute Gasteiger partial charge is 0.145 e. The van der Waals surface area contributed by atoms with E-state index in [1.54, 1.807) is 7.11 Å². The molecule has 1 aliphatic heterocycles. The molecule has 0 bridgehead atoms. The predicted octanol–water partition coefficient (Wildman–Crippen LogP) is 3.29. The number of anilines is 1. The molecule has 2 heterocycles. The summed E-state index contributed by atoms with van der Waals surface area (Å²) in [6.45, 7) is 3.31. The van der Waals surface area contributed by atoms with Crippen LogP contribution in [0, 0.1) is 6.92 Å². The first-order valence-corrected chi connectivity index (χ1v) is 8.06. The van der Waals surface area contributed by atoms with Gasteiger partial charge in [0.05, 0.1) is 7.11 Å². The second-order valence-electron chi connectivity index (χ2n) is 5.99. The van der Waals surface area contributed by atoms with Gasteiger partial charge in [-0.25, -0.2) is 4.98 Å². The summed E-state index contributed by atoms with van der Waals surface area (Å²) in [4.78, 5) is 7.13. The van der Waals surface area contributed by atoms with Crippen LogP contribution in [0.5, 0.6) is 5.75 Å². The van der Waals surface area contributed by atoms with Crippen LogP contribution in [0.2, 0.25) is 0 Å². The standard InChI is InChI=1S/C18H24N2O2/c1-13-12-16(20-10-4-3-6-14(20)9-11-21)15-7-5-8-17(22-2)18(15)19-13/h5,7-8,12,14,21H,3-4,6,9-11H2,1-2H3. The fourth-order valence-corrected chi connectivity index (χ4v) is 3.50. The molecular weight excluding hydrogens is 276 g/mol. The molecule has 1 aromatic heterocycles. The highest BCUT2D eigenvalue weighted by Crippen LogP contribution is 2.35. The van der Waals surface area contributed by atoms with Crippen LogP contribution in [-0.4, -0.2) is 36.4 Å². The Hall–Kier alpha value is -1.81. The monoisotopic (exact) mass is 300 g/mol. The number of fused-ring (bicyclic) bond motifs is 1. The molecule has 4 nitrogen and oxygen atoms in total. The zero-order valence-electron chi connectivity index (χ0n) is 13.4. The lowest BCUT2D eigenvalue weighted by Crippen LogP contribution is -2.40. The number of rotatable bonds is 4. The van der Waals surface area contributed by atoms with Crippen molar-refractivity contribution < 1.29 is 9.84 Å². The number of aliphatic hydroxyl groups excluding tert-OH is 1. The Bertz CT molecular complexity index is 655. The average Bonchev–Trinajstić information content (AvgIpc) is 2.54. The number of hydrogen-bond donors (Lipinski definition) is 1. The number of aliphatic hydroxyl groups is 1. The van der Waals surface area contributed by atoms with Gasteiger partial charge in [0, 0.05) is 36.0 Å². The van der Waals surface area contributed by atoms with Gasteiger partial charge >= 0.3 is 0 Å². The van der Waals surface area contributed by atoms with Crippen LogP contribution in [-0.2, 0) is 0 Å². The number of hydrogen-bond acceptors (Lipinski definition) is 4. The Morgan fingerprint density at radius 2 is 2.23 bits per heavy atom. The quantitative estimate of drug-likeness (QED) is 0.941. The number of aryl methyl sites for hydroxylation is 1. The van der Waals surface area contributed by atoms with Gasteiger partial charge < -0.3 is 14.7 Å². The van der Waals surface area contributed by atoms with Crippen molar-refractivity contribution >= 4 is 16.6 Å². The van der Waals surface area contributed by atoms with E-state index in [4.69, 9.17) is 4.74 Å². The van der Waals surface area contributed by atoms with Crippen molar-refractivity contribution in [2.45, 2.75) is 38.6 Å². The SMILES string of the molecule is COc1cccc2c(N3CCCCC3CCO)cc(C)nc12. The molecule has 118 valence electrons. The highest BCUT2D eigenvalue weighted by atomic mass is 16.5. The summed E-state index contributed by atoms with van der Waals surface area (Å²) < 4.78 is 5.48. The first kappa shape index (κ1) is 15.1. The first-order valence-electron chi connectivity index (χ1n) is 8.06. The maximum atomic E-state index is 9.37. The molecule has 2 aromatic rings. The summed E-state index contributed by atoms with van der Waals surface area (Å²) >= 11 is 0. The minimum Gasteiger partial charge on any atom is -0.494 e. The number of para-hydroxylation sites is 1. The molecule has 1 fully saturated rings. The highest BCUT2D eigenvalue weighted by molar-refractivity contribution is 5.95. The van der Waals surface area contributed by atoms with Gasteiger partial charge in [-0.3, -0.25) is 0 Å². The summed E-state index contributed by atoms with van der Waals surface area (Å²) in [6, 6.07) is 8.67. The predicted molar refractivity (Wildman–Crippen MR) is 89.7 cm³/mol. The zero-order valence-corrected chi connectivity index (χ0v) is 13.4. The first-order chi connectivity index (χ1) is 10.7. The lowest BCUT2D eigenvalue weighted by atomic mass is 9.97. The number of piperidine rings is 1. The second-order valence-corrected chi connectivity index (χ2v) is 5.99. The number of aromatic nitrogens is 1. The third-order valence-corrected chi connectivity index (χ3v) is 4.53. The van der Waals surface area contributed by atoms with E-state index in [0.29, 0.717) is 6.04 Å². The maximum Gasteiger partial charge on any atom is 0.145 e. The van der Waals surface area contributed by atoms with Crippen LogP contribution in [0.25, 0.3) is 10.9 Å². The van der Waals surface area contributed by atoms with Gasteiger partial charge in [0.15, 0.2) is 0 Å². The molecule has 0 radical (unpaired) electrons. The lowest BCUT2D eigenvalue weighted by molar-refractivity contribution is 0.262. The average molecular weight is 300 g/mol. The van der Waals surface area contributed by atoms with Crippen molar-refractivity contribution in [1.82, 2.24) is 4.98 Å². The van der Waals surface area contributed by atoms with E-state index in [1.165, 1.54) is 18.5 Å². The molecule has 3 rings (SSSR count). The molecule has 22 heavy (non-hydrogen) atoms. The van der Waals surface area contributed by atoms with Gasteiger partial charge in [-0.15, -0.1) is 0 Å². The molecule has 1 aromatic carbocycles. The largest absolute Gasteiger partial charge is 0.494 e. The van der Waals surface area contributed by atoms with E-state index < -0.39 is 0 Å². The molecule has 1 aliphatic rings. The van der Waals surface area contributed by atoms with E-state index in [-0.39, 0.29) is 6.61 Å². The van der Waals surface area contributed by atoms with Gasteiger partial charge in [0.2, 0.25) is 0 Å². The molecular formula is C18H24N2O2. The second kappa shape index (κ2) is 6.53. The van der Waals surface area contributed by atoms with Crippen molar-refractivity contribution in [2.24, 2.45) is 0 Å². The van der Waals surface area contributed by atoms with Crippen molar-refractivity contribution in [3.63, 3.8) is 0 Å². The number of benzene rings is 1. The van der Waals surface area contributed by atoms with E-state index in [9.17, 15) is 5.11 Å². The Balaban J connectivity index is 2.12. The number of methoxy groups -OCH3 is 1. The van der Waals surface area contributed by atoms with E-state index in [2.05, 4.69) is 22.0 Å². The fourth-order valence-electron chi connectivity index (χ4n) is 3.50. The minimum absolute atomic E-state index is 0.243. The molecule has 0 aliphatic carbocycles. The third-order valence-electron chi connectivity index (χ3n) is 4.53. The molecule has 4 heteroatoms. The topological polar surface area (TPSA) is 45.6 Å². The van der Waals surface area contributed by atoms with Crippen molar-refractivity contribution in [2.75, 3.05) is 25.2 Å².